The van der Waals surface area contributed by atoms with E-state index in [0.717, 1.165) is 23.3 Å². The fourth-order valence-corrected chi connectivity index (χ4v) is 1.35. The predicted molar refractivity (Wildman–Crippen MR) is 51.5 cm³/mol. The average Bonchev–Trinajstić information content (AvgIpc) is 2.64. The molecule has 1 aromatic carbocycles. The minimum atomic E-state index is 0.271. The molecular formula is C11H10O3. The zero-order valence-corrected chi connectivity index (χ0v) is 7.66. The van der Waals surface area contributed by atoms with Crippen LogP contribution in [0.3, 0.4) is 0 Å². The molecule has 0 saturated heterocycles. The largest absolute Gasteiger partial charge is 0.454 e. The molecule has 0 atom stereocenters. The molecule has 3 heteroatoms. The third kappa shape index (κ3) is 1.62. The maximum atomic E-state index is 10.4. The Morgan fingerprint density at radius 1 is 1.43 bits per heavy atom. The van der Waals surface area contributed by atoms with Crippen LogP contribution in [-0.4, -0.2) is 13.1 Å². The minimum Gasteiger partial charge on any atom is -0.454 e. The van der Waals surface area contributed by atoms with E-state index in [0.29, 0.717) is 12.0 Å². The van der Waals surface area contributed by atoms with Crippen LogP contribution in [-0.2, 0) is 11.2 Å². The minimum absolute atomic E-state index is 0.271. The first kappa shape index (κ1) is 8.81. The van der Waals surface area contributed by atoms with Gasteiger partial charge in [-0.2, -0.15) is 0 Å². The van der Waals surface area contributed by atoms with E-state index >= 15 is 0 Å². The second-order valence-corrected chi connectivity index (χ2v) is 3.14. The smallest absolute Gasteiger partial charge is 0.231 e. The van der Waals surface area contributed by atoms with Gasteiger partial charge in [0.2, 0.25) is 6.79 Å². The highest BCUT2D eigenvalue weighted by atomic mass is 16.7. The van der Waals surface area contributed by atoms with Gasteiger partial charge < -0.3 is 9.47 Å². The molecule has 0 saturated carbocycles. The zero-order chi connectivity index (χ0) is 9.97. The molecule has 0 N–H and O–H groups in total. The van der Waals surface area contributed by atoms with Gasteiger partial charge in [0.25, 0.3) is 0 Å². The van der Waals surface area contributed by atoms with Crippen molar-refractivity contribution in [1.29, 1.82) is 0 Å². The Morgan fingerprint density at radius 2 is 2.21 bits per heavy atom. The first-order chi connectivity index (χ1) is 6.79. The summed E-state index contributed by atoms with van der Waals surface area (Å²) in [5.74, 6) is 1.49. The quantitative estimate of drug-likeness (QED) is 0.537. The van der Waals surface area contributed by atoms with Crippen molar-refractivity contribution in [2.45, 2.75) is 6.42 Å². The van der Waals surface area contributed by atoms with Gasteiger partial charge in [0.05, 0.1) is 0 Å². The third-order valence-electron chi connectivity index (χ3n) is 2.03. The number of allylic oxidation sites excluding steroid dienone is 1. The van der Waals surface area contributed by atoms with E-state index in [1.165, 1.54) is 0 Å². The van der Waals surface area contributed by atoms with Gasteiger partial charge in [-0.3, -0.25) is 4.79 Å². The first-order valence-electron chi connectivity index (χ1n) is 4.31. The summed E-state index contributed by atoms with van der Waals surface area (Å²) in [5, 5.41) is 0. The number of aldehydes is 1. The van der Waals surface area contributed by atoms with Crippen LogP contribution in [0.25, 0.3) is 0 Å². The summed E-state index contributed by atoms with van der Waals surface area (Å²) in [4.78, 5) is 10.4. The van der Waals surface area contributed by atoms with Gasteiger partial charge in [-0.15, -0.1) is 0 Å². The molecule has 14 heavy (non-hydrogen) atoms. The summed E-state index contributed by atoms with van der Waals surface area (Å²) in [5.41, 5.74) is 1.57. The Bertz CT molecular complexity index is 382. The fourth-order valence-electron chi connectivity index (χ4n) is 1.35. The van der Waals surface area contributed by atoms with E-state index in [4.69, 9.17) is 9.47 Å². The summed E-state index contributed by atoms with van der Waals surface area (Å²) in [6, 6.07) is 5.62. The van der Waals surface area contributed by atoms with Crippen molar-refractivity contribution in [2.24, 2.45) is 0 Å². The highest BCUT2D eigenvalue weighted by molar-refractivity contribution is 5.73. The Morgan fingerprint density at radius 3 is 3.00 bits per heavy atom. The van der Waals surface area contributed by atoms with Crippen molar-refractivity contribution in [2.75, 3.05) is 6.79 Å². The van der Waals surface area contributed by atoms with Gasteiger partial charge in [-0.05, 0) is 23.3 Å². The SMILES string of the molecule is C=C(C=O)Cc1ccc2c(c1)OCO2. The Hall–Kier alpha value is -1.77. The zero-order valence-electron chi connectivity index (χ0n) is 7.66. The van der Waals surface area contributed by atoms with Crippen molar-refractivity contribution in [3.8, 4) is 11.5 Å². The summed E-state index contributed by atoms with van der Waals surface area (Å²) < 4.78 is 10.4. The van der Waals surface area contributed by atoms with Crippen LogP contribution >= 0.6 is 0 Å². The number of carbonyl (C=O) groups is 1. The van der Waals surface area contributed by atoms with E-state index in [1.807, 2.05) is 18.2 Å². The molecule has 1 aromatic rings. The molecule has 1 aliphatic rings. The summed E-state index contributed by atoms with van der Waals surface area (Å²) >= 11 is 0. The van der Waals surface area contributed by atoms with Crippen molar-refractivity contribution >= 4 is 6.29 Å². The van der Waals surface area contributed by atoms with Crippen molar-refractivity contribution < 1.29 is 14.3 Å². The van der Waals surface area contributed by atoms with Crippen LogP contribution < -0.4 is 9.47 Å². The van der Waals surface area contributed by atoms with Crippen LogP contribution in [0, 0.1) is 0 Å². The summed E-state index contributed by atoms with van der Waals surface area (Å²) in [6.07, 6.45) is 1.32. The summed E-state index contributed by atoms with van der Waals surface area (Å²) in [7, 11) is 0. The molecule has 0 amide bonds. The fraction of sp³-hybridized carbons (Fsp3) is 0.182. The molecule has 0 spiro atoms. The number of carbonyl (C=O) groups excluding carboxylic acids is 1. The van der Waals surface area contributed by atoms with E-state index in [9.17, 15) is 4.79 Å². The molecule has 0 radical (unpaired) electrons. The van der Waals surface area contributed by atoms with Gasteiger partial charge >= 0.3 is 0 Å². The average molecular weight is 190 g/mol. The summed E-state index contributed by atoms with van der Waals surface area (Å²) in [6.45, 7) is 3.89. The van der Waals surface area contributed by atoms with Crippen LogP contribution in [0.1, 0.15) is 5.56 Å². The highest BCUT2D eigenvalue weighted by Gasteiger charge is 2.13. The molecule has 2 rings (SSSR count). The second-order valence-electron chi connectivity index (χ2n) is 3.14. The first-order valence-corrected chi connectivity index (χ1v) is 4.31. The van der Waals surface area contributed by atoms with Gasteiger partial charge in [0, 0.05) is 6.42 Å². The number of ether oxygens (including phenoxy) is 2. The lowest BCUT2D eigenvalue weighted by Crippen LogP contribution is -1.93. The van der Waals surface area contributed by atoms with Crippen molar-refractivity contribution in [1.82, 2.24) is 0 Å². The maximum Gasteiger partial charge on any atom is 0.231 e. The monoisotopic (exact) mass is 190 g/mol. The topological polar surface area (TPSA) is 35.5 Å². The molecule has 0 aromatic heterocycles. The molecule has 3 nitrogen and oxygen atoms in total. The van der Waals surface area contributed by atoms with Crippen molar-refractivity contribution in [3.63, 3.8) is 0 Å². The second kappa shape index (κ2) is 3.54. The highest BCUT2D eigenvalue weighted by Crippen LogP contribution is 2.32. The van der Waals surface area contributed by atoms with E-state index in [2.05, 4.69) is 6.58 Å². The lowest BCUT2D eigenvalue weighted by Gasteiger charge is -2.01. The maximum absolute atomic E-state index is 10.4. The van der Waals surface area contributed by atoms with Gasteiger partial charge in [-0.25, -0.2) is 0 Å². The number of hydrogen-bond donors (Lipinski definition) is 0. The van der Waals surface area contributed by atoms with E-state index in [-0.39, 0.29) is 6.79 Å². The predicted octanol–water partition coefficient (Wildman–Crippen LogP) is 1.71. The van der Waals surface area contributed by atoms with Crippen molar-refractivity contribution in [3.05, 3.63) is 35.9 Å². The van der Waals surface area contributed by atoms with Crippen LogP contribution in [0.5, 0.6) is 11.5 Å². The molecule has 0 unspecified atom stereocenters. The molecule has 1 aliphatic heterocycles. The normalized spacial score (nSPS) is 12.6. The van der Waals surface area contributed by atoms with Gasteiger partial charge in [-0.1, -0.05) is 12.6 Å². The van der Waals surface area contributed by atoms with Gasteiger partial charge in [0.1, 0.15) is 6.29 Å². The Kier molecular flexibility index (Phi) is 2.23. The van der Waals surface area contributed by atoms with Crippen LogP contribution in [0.2, 0.25) is 0 Å². The van der Waals surface area contributed by atoms with Gasteiger partial charge in [0.15, 0.2) is 11.5 Å². The Balaban J connectivity index is 2.20. The lowest BCUT2D eigenvalue weighted by molar-refractivity contribution is -0.104. The number of benzene rings is 1. The molecule has 1 heterocycles. The number of rotatable bonds is 3. The van der Waals surface area contributed by atoms with E-state index in [1.54, 1.807) is 0 Å². The third-order valence-corrected chi connectivity index (χ3v) is 2.03. The molecule has 0 fully saturated rings. The number of fused-ring (bicyclic) bond motifs is 1. The standard InChI is InChI=1S/C11H10O3/c1-8(6-12)4-9-2-3-10-11(5-9)14-7-13-10/h2-3,5-6H,1,4,7H2. The van der Waals surface area contributed by atoms with E-state index < -0.39 is 0 Å². The number of hydrogen-bond acceptors (Lipinski definition) is 3. The van der Waals surface area contributed by atoms with Crippen LogP contribution in [0.15, 0.2) is 30.4 Å². The molecule has 0 aliphatic carbocycles. The molecular weight excluding hydrogens is 180 g/mol. The lowest BCUT2D eigenvalue weighted by atomic mass is 10.1. The Labute approximate surface area is 81.9 Å². The van der Waals surface area contributed by atoms with Crippen LogP contribution in [0.4, 0.5) is 0 Å². The molecule has 72 valence electrons. The molecule has 0 bridgehead atoms.